The minimum Gasteiger partial charge on any atom is -0.497 e. The lowest BCUT2D eigenvalue weighted by Crippen LogP contribution is -2.40. The molecule has 0 aromatic heterocycles. The number of rotatable bonds is 8. The summed E-state index contributed by atoms with van der Waals surface area (Å²) in [5.41, 5.74) is 0.977. The molecule has 1 unspecified atom stereocenters. The number of allylic oxidation sites excluding steroid dienone is 1. The van der Waals surface area contributed by atoms with Crippen LogP contribution in [0.1, 0.15) is 25.3 Å². The summed E-state index contributed by atoms with van der Waals surface area (Å²) in [6.45, 7) is 1.81. The standard InChI is InChI=1S/C16H21NO4/c1-3-4-8-14(16(19)20)17-15(18)10-9-12-6-5-7-13(11-12)21-2/h3-7,11,14H,8-10H2,1-2H3,(H,17,18)(H,19,20)/b4-3+. The summed E-state index contributed by atoms with van der Waals surface area (Å²) in [4.78, 5) is 22.9. The van der Waals surface area contributed by atoms with Gasteiger partial charge in [-0.25, -0.2) is 4.79 Å². The second-order valence-electron chi connectivity index (χ2n) is 4.61. The zero-order valence-electron chi connectivity index (χ0n) is 12.3. The summed E-state index contributed by atoms with van der Waals surface area (Å²) in [5.74, 6) is -0.554. The van der Waals surface area contributed by atoms with Gasteiger partial charge in [-0.1, -0.05) is 24.3 Å². The van der Waals surface area contributed by atoms with Crippen LogP contribution in [0, 0.1) is 0 Å². The maximum absolute atomic E-state index is 11.8. The predicted molar refractivity (Wildman–Crippen MR) is 80.3 cm³/mol. The van der Waals surface area contributed by atoms with E-state index in [4.69, 9.17) is 9.84 Å². The van der Waals surface area contributed by atoms with E-state index < -0.39 is 12.0 Å². The molecule has 114 valence electrons. The Labute approximate surface area is 124 Å². The van der Waals surface area contributed by atoms with Gasteiger partial charge in [0.2, 0.25) is 5.91 Å². The van der Waals surface area contributed by atoms with E-state index in [1.54, 1.807) is 19.3 Å². The topological polar surface area (TPSA) is 75.6 Å². The number of ether oxygens (including phenoxy) is 1. The number of hydrogen-bond donors (Lipinski definition) is 2. The van der Waals surface area contributed by atoms with Crippen molar-refractivity contribution in [2.75, 3.05) is 7.11 Å². The van der Waals surface area contributed by atoms with E-state index in [1.807, 2.05) is 31.2 Å². The first-order valence-electron chi connectivity index (χ1n) is 6.83. The number of benzene rings is 1. The molecule has 2 N–H and O–H groups in total. The monoisotopic (exact) mass is 291 g/mol. The van der Waals surface area contributed by atoms with Crippen LogP contribution in [0.15, 0.2) is 36.4 Å². The van der Waals surface area contributed by atoms with Gasteiger partial charge < -0.3 is 15.2 Å². The van der Waals surface area contributed by atoms with E-state index in [1.165, 1.54) is 0 Å². The number of aryl methyl sites for hydroxylation is 1. The summed E-state index contributed by atoms with van der Waals surface area (Å²) >= 11 is 0. The minimum atomic E-state index is -1.03. The highest BCUT2D eigenvalue weighted by molar-refractivity contribution is 5.83. The molecule has 1 amide bonds. The summed E-state index contributed by atoms with van der Waals surface area (Å²) in [6, 6.07) is 6.59. The van der Waals surface area contributed by atoms with Crippen molar-refractivity contribution >= 4 is 11.9 Å². The number of carbonyl (C=O) groups excluding carboxylic acids is 1. The smallest absolute Gasteiger partial charge is 0.326 e. The molecular weight excluding hydrogens is 270 g/mol. The lowest BCUT2D eigenvalue weighted by Gasteiger charge is -2.12. The molecule has 0 bridgehead atoms. The number of methoxy groups -OCH3 is 1. The van der Waals surface area contributed by atoms with Crippen LogP contribution < -0.4 is 10.1 Å². The number of nitrogens with one attached hydrogen (secondary N) is 1. The molecule has 5 heteroatoms. The zero-order chi connectivity index (χ0) is 15.7. The fourth-order valence-electron chi connectivity index (χ4n) is 1.85. The van der Waals surface area contributed by atoms with Crippen molar-refractivity contribution in [2.45, 2.75) is 32.2 Å². The summed E-state index contributed by atoms with van der Waals surface area (Å²) in [7, 11) is 1.59. The molecule has 0 spiro atoms. The highest BCUT2D eigenvalue weighted by atomic mass is 16.5. The maximum atomic E-state index is 11.8. The SMILES string of the molecule is C/C=C/CC(NC(=O)CCc1cccc(OC)c1)C(=O)O. The third-order valence-corrected chi connectivity index (χ3v) is 3.02. The van der Waals surface area contributed by atoms with Crippen molar-refractivity contribution in [3.8, 4) is 5.75 Å². The number of carboxylic acids is 1. The Balaban J connectivity index is 2.50. The molecule has 0 saturated heterocycles. The Morgan fingerprint density at radius 2 is 2.19 bits per heavy atom. The number of amides is 1. The second-order valence-corrected chi connectivity index (χ2v) is 4.61. The largest absolute Gasteiger partial charge is 0.497 e. The van der Waals surface area contributed by atoms with Crippen molar-refractivity contribution in [1.82, 2.24) is 5.32 Å². The second kappa shape index (κ2) is 8.79. The normalized spacial score (nSPS) is 12.1. The van der Waals surface area contributed by atoms with Gasteiger partial charge in [0, 0.05) is 6.42 Å². The Hall–Kier alpha value is -2.30. The van der Waals surface area contributed by atoms with Crippen LogP contribution in [0.4, 0.5) is 0 Å². The summed E-state index contributed by atoms with van der Waals surface area (Å²) in [5, 5.41) is 11.6. The maximum Gasteiger partial charge on any atom is 0.326 e. The predicted octanol–water partition coefficient (Wildman–Crippen LogP) is 2.16. The van der Waals surface area contributed by atoms with Gasteiger partial charge >= 0.3 is 5.97 Å². The average Bonchev–Trinajstić information content (AvgIpc) is 2.49. The third kappa shape index (κ3) is 6.12. The van der Waals surface area contributed by atoms with Gasteiger partial charge in [-0.05, 0) is 37.5 Å². The molecule has 1 atom stereocenters. The Morgan fingerprint density at radius 3 is 2.81 bits per heavy atom. The first-order chi connectivity index (χ1) is 10.1. The molecule has 21 heavy (non-hydrogen) atoms. The first kappa shape index (κ1) is 16.8. The van der Waals surface area contributed by atoms with E-state index >= 15 is 0 Å². The first-order valence-corrected chi connectivity index (χ1v) is 6.83. The van der Waals surface area contributed by atoms with E-state index in [0.29, 0.717) is 6.42 Å². The molecule has 1 aromatic carbocycles. The van der Waals surface area contributed by atoms with Crippen molar-refractivity contribution in [3.63, 3.8) is 0 Å². The molecule has 0 radical (unpaired) electrons. The Bertz CT molecular complexity index is 511. The van der Waals surface area contributed by atoms with Gasteiger partial charge in [-0.3, -0.25) is 4.79 Å². The van der Waals surface area contributed by atoms with Gasteiger partial charge in [-0.15, -0.1) is 0 Å². The van der Waals surface area contributed by atoms with Crippen molar-refractivity contribution in [3.05, 3.63) is 42.0 Å². The van der Waals surface area contributed by atoms with Crippen molar-refractivity contribution in [1.29, 1.82) is 0 Å². The van der Waals surface area contributed by atoms with Crippen LogP contribution in [0.5, 0.6) is 5.75 Å². The van der Waals surface area contributed by atoms with Crippen LogP contribution >= 0.6 is 0 Å². The van der Waals surface area contributed by atoms with Gasteiger partial charge in [0.15, 0.2) is 0 Å². The molecular formula is C16H21NO4. The fraction of sp³-hybridized carbons (Fsp3) is 0.375. The lowest BCUT2D eigenvalue weighted by atomic mass is 10.1. The van der Waals surface area contributed by atoms with Crippen LogP contribution in [0.3, 0.4) is 0 Å². The van der Waals surface area contributed by atoms with E-state index in [9.17, 15) is 9.59 Å². The molecule has 0 heterocycles. The molecule has 1 aromatic rings. The fourth-order valence-corrected chi connectivity index (χ4v) is 1.85. The quantitative estimate of drug-likeness (QED) is 0.720. The Kier molecular flexibility index (Phi) is 7.01. The third-order valence-electron chi connectivity index (χ3n) is 3.02. The molecule has 1 rings (SSSR count). The van der Waals surface area contributed by atoms with Gasteiger partial charge in [-0.2, -0.15) is 0 Å². The molecule has 0 saturated carbocycles. The summed E-state index contributed by atoms with van der Waals surface area (Å²) in [6.07, 6.45) is 4.56. The highest BCUT2D eigenvalue weighted by Crippen LogP contribution is 2.13. The number of carboxylic acid groups (broad SMARTS) is 1. The lowest BCUT2D eigenvalue weighted by molar-refractivity contribution is -0.141. The van der Waals surface area contributed by atoms with E-state index in [0.717, 1.165) is 11.3 Å². The summed E-state index contributed by atoms with van der Waals surface area (Å²) < 4.78 is 5.12. The van der Waals surface area contributed by atoms with Crippen molar-refractivity contribution in [2.24, 2.45) is 0 Å². The van der Waals surface area contributed by atoms with Crippen LogP contribution in [0.2, 0.25) is 0 Å². The van der Waals surface area contributed by atoms with Crippen LogP contribution in [-0.2, 0) is 16.0 Å². The highest BCUT2D eigenvalue weighted by Gasteiger charge is 2.18. The average molecular weight is 291 g/mol. The number of hydrogen-bond acceptors (Lipinski definition) is 3. The zero-order valence-corrected chi connectivity index (χ0v) is 12.3. The molecule has 0 aliphatic heterocycles. The number of carbonyl (C=O) groups is 2. The molecule has 0 fully saturated rings. The van der Waals surface area contributed by atoms with Crippen LogP contribution in [-0.4, -0.2) is 30.1 Å². The van der Waals surface area contributed by atoms with E-state index in [2.05, 4.69) is 5.32 Å². The number of aliphatic carboxylic acids is 1. The van der Waals surface area contributed by atoms with Crippen molar-refractivity contribution < 1.29 is 19.4 Å². The Morgan fingerprint density at radius 1 is 1.43 bits per heavy atom. The van der Waals surface area contributed by atoms with Gasteiger partial charge in [0.05, 0.1) is 7.11 Å². The molecule has 0 aliphatic rings. The van der Waals surface area contributed by atoms with Gasteiger partial charge in [0.1, 0.15) is 11.8 Å². The molecule has 0 aliphatic carbocycles. The molecule has 5 nitrogen and oxygen atoms in total. The van der Waals surface area contributed by atoms with Gasteiger partial charge in [0.25, 0.3) is 0 Å². The minimum absolute atomic E-state index is 0.243. The van der Waals surface area contributed by atoms with Crippen LogP contribution in [0.25, 0.3) is 0 Å². The van der Waals surface area contributed by atoms with E-state index in [-0.39, 0.29) is 18.7 Å².